The first-order valence-corrected chi connectivity index (χ1v) is 10.7. The van der Waals surface area contributed by atoms with Crippen LogP contribution in [0.4, 0.5) is 18.9 Å². The maximum Gasteiger partial charge on any atom is 0.573 e. The van der Waals surface area contributed by atoms with Crippen molar-refractivity contribution < 1.29 is 26.3 Å². The number of anilines is 1. The number of piperazine rings is 1. The van der Waals surface area contributed by atoms with Crippen LogP contribution in [0.2, 0.25) is 5.02 Å². The van der Waals surface area contributed by atoms with Gasteiger partial charge in [0.25, 0.3) is 0 Å². The Morgan fingerprint density at radius 3 is 2.32 bits per heavy atom. The number of rotatable bonds is 4. The van der Waals surface area contributed by atoms with Gasteiger partial charge in [0.15, 0.2) is 5.75 Å². The van der Waals surface area contributed by atoms with Crippen molar-refractivity contribution >= 4 is 43.2 Å². The molecule has 5 nitrogen and oxygen atoms in total. The van der Waals surface area contributed by atoms with Crippen molar-refractivity contribution in [3.05, 3.63) is 52.0 Å². The molecule has 2 aromatic rings. The first-order valence-electron chi connectivity index (χ1n) is 8.12. The summed E-state index contributed by atoms with van der Waals surface area (Å²) in [7, 11) is -4.16. The molecular weight excluding hydrogens is 485 g/mol. The summed E-state index contributed by atoms with van der Waals surface area (Å²) in [6.45, 7) is 1.00. The van der Waals surface area contributed by atoms with E-state index in [0.717, 1.165) is 22.1 Å². The summed E-state index contributed by atoms with van der Waals surface area (Å²) in [4.78, 5) is 1.44. The Morgan fingerprint density at radius 2 is 1.71 bits per heavy atom. The van der Waals surface area contributed by atoms with Crippen molar-refractivity contribution in [2.45, 2.75) is 11.3 Å². The van der Waals surface area contributed by atoms with Gasteiger partial charge in [0.05, 0.1) is 0 Å². The van der Waals surface area contributed by atoms with Crippen LogP contribution >= 0.6 is 27.5 Å². The third-order valence-electron chi connectivity index (χ3n) is 4.16. The van der Waals surface area contributed by atoms with Crippen molar-refractivity contribution in [3.63, 3.8) is 0 Å². The van der Waals surface area contributed by atoms with Crippen LogP contribution in [0.5, 0.6) is 5.75 Å². The van der Waals surface area contributed by atoms with E-state index in [0.29, 0.717) is 18.1 Å². The van der Waals surface area contributed by atoms with Gasteiger partial charge in [0, 0.05) is 41.4 Å². The Kier molecular flexibility index (Phi) is 6.14. The van der Waals surface area contributed by atoms with Crippen LogP contribution in [-0.2, 0) is 10.0 Å². The Bertz CT molecular complexity index is 964. The SMILES string of the molecule is O=S(=O)(c1ccc(Br)cc1OC(F)(F)F)N1CCN(c2cccc(Cl)c2)CC1. The third-order valence-corrected chi connectivity index (χ3v) is 6.83. The highest BCUT2D eigenvalue weighted by atomic mass is 79.9. The number of halogens is 5. The summed E-state index contributed by atoms with van der Waals surface area (Å²) in [5, 5.41) is 0.566. The highest BCUT2D eigenvalue weighted by molar-refractivity contribution is 9.10. The zero-order valence-electron chi connectivity index (χ0n) is 14.3. The van der Waals surface area contributed by atoms with E-state index >= 15 is 0 Å². The van der Waals surface area contributed by atoms with Gasteiger partial charge in [-0.2, -0.15) is 4.31 Å². The van der Waals surface area contributed by atoms with Crippen LogP contribution < -0.4 is 9.64 Å². The number of sulfonamides is 1. The third kappa shape index (κ3) is 4.91. The molecule has 11 heteroatoms. The molecule has 0 radical (unpaired) electrons. The zero-order valence-corrected chi connectivity index (χ0v) is 17.4. The number of nitrogens with zero attached hydrogens (tertiary/aromatic N) is 2. The smallest absolute Gasteiger partial charge is 0.404 e. The van der Waals surface area contributed by atoms with Gasteiger partial charge in [0.2, 0.25) is 10.0 Å². The molecule has 152 valence electrons. The normalized spacial score (nSPS) is 16.2. The average Bonchev–Trinajstić information content (AvgIpc) is 2.60. The maximum absolute atomic E-state index is 12.9. The van der Waals surface area contributed by atoms with Gasteiger partial charge in [-0.05, 0) is 36.4 Å². The van der Waals surface area contributed by atoms with E-state index in [-0.39, 0.29) is 17.6 Å². The fraction of sp³-hybridized carbons (Fsp3) is 0.294. The van der Waals surface area contributed by atoms with Crippen LogP contribution in [0.25, 0.3) is 0 Å². The van der Waals surface area contributed by atoms with Crippen molar-refractivity contribution in [2.24, 2.45) is 0 Å². The topological polar surface area (TPSA) is 49.9 Å². The van der Waals surface area contributed by atoms with Crippen molar-refractivity contribution in [1.29, 1.82) is 0 Å². The molecule has 3 rings (SSSR count). The van der Waals surface area contributed by atoms with E-state index in [4.69, 9.17) is 11.6 Å². The van der Waals surface area contributed by atoms with E-state index in [1.807, 2.05) is 11.0 Å². The zero-order chi connectivity index (χ0) is 20.5. The molecule has 0 aromatic heterocycles. The Morgan fingerprint density at radius 1 is 1.04 bits per heavy atom. The maximum atomic E-state index is 12.9. The van der Waals surface area contributed by atoms with Crippen LogP contribution in [0.1, 0.15) is 0 Å². The molecule has 1 aliphatic heterocycles. The summed E-state index contributed by atoms with van der Waals surface area (Å²) >= 11 is 9.02. The lowest BCUT2D eigenvalue weighted by molar-refractivity contribution is -0.275. The predicted molar refractivity (Wildman–Crippen MR) is 103 cm³/mol. The van der Waals surface area contributed by atoms with E-state index in [2.05, 4.69) is 20.7 Å². The summed E-state index contributed by atoms with van der Waals surface area (Å²) in [6, 6.07) is 10.6. The second-order valence-corrected chi connectivity index (χ2v) is 9.27. The molecule has 0 atom stereocenters. The predicted octanol–water partition coefficient (Wildman–Crippen LogP) is 4.51. The van der Waals surface area contributed by atoms with Gasteiger partial charge in [-0.25, -0.2) is 8.42 Å². The quantitative estimate of drug-likeness (QED) is 0.621. The molecule has 1 fully saturated rings. The lowest BCUT2D eigenvalue weighted by atomic mass is 10.2. The first kappa shape index (κ1) is 21.2. The standard InChI is InChI=1S/C17H15BrClF3N2O3S/c18-12-4-5-16(15(10-12)27-17(20,21)22)28(25,26)24-8-6-23(7-9-24)14-3-1-2-13(19)11-14/h1-5,10-11H,6-9H2. The average molecular weight is 500 g/mol. The number of ether oxygens (including phenoxy) is 1. The monoisotopic (exact) mass is 498 g/mol. The first-order chi connectivity index (χ1) is 13.1. The van der Waals surface area contributed by atoms with Gasteiger partial charge in [0.1, 0.15) is 4.90 Å². The highest BCUT2D eigenvalue weighted by Crippen LogP contribution is 2.34. The number of benzene rings is 2. The van der Waals surface area contributed by atoms with Crippen LogP contribution in [-0.4, -0.2) is 45.3 Å². The molecule has 0 bridgehead atoms. The number of hydrogen-bond acceptors (Lipinski definition) is 4. The Balaban J connectivity index is 1.81. The minimum atomic E-state index is -5.00. The van der Waals surface area contributed by atoms with E-state index < -0.39 is 27.0 Å². The second kappa shape index (κ2) is 8.10. The minimum absolute atomic E-state index is 0.121. The fourth-order valence-corrected chi connectivity index (χ4v) is 4.94. The van der Waals surface area contributed by atoms with Gasteiger partial charge < -0.3 is 9.64 Å². The fourth-order valence-electron chi connectivity index (χ4n) is 2.90. The Hall–Kier alpha value is -1.49. The van der Waals surface area contributed by atoms with E-state index in [9.17, 15) is 21.6 Å². The van der Waals surface area contributed by atoms with Crippen molar-refractivity contribution in [3.8, 4) is 5.75 Å². The van der Waals surface area contributed by atoms with Crippen molar-refractivity contribution in [2.75, 3.05) is 31.1 Å². The van der Waals surface area contributed by atoms with Gasteiger partial charge in [-0.3, -0.25) is 0 Å². The molecule has 0 spiro atoms. The molecule has 0 saturated carbocycles. The minimum Gasteiger partial charge on any atom is -0.404 e. The lowest BCUT2D eigenvalue weighted by Crippen LogP contribution is -2.48. The molecule has 0 N–H and O–H groups in total. The highest BCUT2D eigenvalue weighted by Gasteiger charge is 2.36. The summed E-state index contributed by atoms with van der Waals surface area (Å²) in [6.07, 6.45) is -5.00. The molecule has 28 heavy (non-hydrogen) atoms. The molecular formula is C17H15BrClF3N2O3S. The molecule has 0 unspecified atom stereocenters. The second-order valence-electron chi connectivity index (χ2n) is 6.01. The van der Waals surface area contributed by atoms with Crippen molar-refractivity contribution in [1.82, 2.24) is 4.31 Å². The Labute approximate surface area is 173 Å². The van der Waals surface area contributed by atoms with Crippen LogP contribution in [0.3, 0.4) is 0 Å². The van der Waals surface area contributed by atoms with Crippen LogP contribution in [0, 0.1) is 0 Å². The summed E-state index contributed by atoms with van der Waals surface area (Å²) in [5.41, 5.74) is 0.856. The molecule has 0 aliphatic carbocycles. The van der Waals surface area contributed by atoms with E-state index in [1.54, 1.807) is 18.2 Å². The van der Waals surface area contributed by atoms with Crippen LogP contribution in [0.15, 0.2) is 51.8 Å². The molecule has 1 heterocycles. The lowest BCUT2D eigenvalue weighted by Gasteiger charge is -2.35. The van der Waals surface area contributed by atoms with E-state index in [1.165, 1.54) is 6.07 Å². The largest absolute Gasteiger partial charge is 0.573 e. The van der Waals surface area contributed by atoms with Gasteiger partial charge in [-0.1, -0.05) is 33.6 Å². The van der Waals surface area contributed by atoms with Gasteiger partial charge in [-0.15, -0.1) is 13.2 Å². The molecule has 1 aliphatic rings. The molecule has 1 saturated heterocycles. The molecule has 0 amide bonds. The number of hydrogen-bond donors (Lipinski definition) is 0. The number of alkyl halides is 3. The summed E-state index contributed by atoms with van der Waals surface area (Å²) in [5.74, 6) is -0.765. The summed E-state index contributed by atoms with van der Waals surface area (Å²) < 4.78 is 69.3. The molecule has 2 aromatic carbocycles. The van der Waals surface area contributed by atoms with Gasteiger partial charge >= 0.3 is 6.36 Å².